The van der Waals surface area contributed by atoms with Gasteiger partial charge >= 0.3 is 0 Å². The van der Waals surface area contributed by atoms with E-state index in [0.29, 0.717) is 24.3 Å². The minimum absolute atomic E-state index is 0.225. The maximum atomic E-state index is 13.2. The average molecular weight is 183 g/mol. The van der Waals surface area contributed by atoms with Crippen LogP contribution in [-0.4, -0.2) is 7.11 Å². The van der Waals surface area contributed by atoms with E-state index in [-0.39, 0.29) is 5.82 Å². The van der Waals surface area contributed by atoms with Crippen molar-refractivity contribution in [2.75, 3.05) is 7.11 Å². The van der Waals surface area contributed by atoms with Crippen LogP contribution in [0, 0.1) is 5.82 Å². The number of nitrogens with two attached hydrogens (primary N) is 1. The zero-order valence-electron chi connectivity index (χ0n) is 7.93. The molecule has 13 heavy (non-hydrogen) atoms. The monoisotopic (exact) mass is 183 g/mol. The maximum Gasteiger partial charge on any atom is 0.130 e. The summed E-state index contributed by atoms with van der Waals surface area (Å²) in [4.78, 5) is 0. The SMILES string of the molecule is CCc1cc(CN)c(OC)cc1F. The summed E-state index contributed by atoms with van der Waals surface area (Å²) in [6, 6.07) is 3.15. The third-order valence-electron chi connectivity index (χ3n) is 2.05. The fraction of sp³-hybridized carbons (Fsp3) is 0.400. The highest BCUT2D eigenvalue weighted by atomic mass is 19.1. The van der Waals surface area contributed by atoms with E-state index >= 15 is 0 Å². The lowest BCUT2D eigenvalue weighted by Crippen LogP contribution is -2.02. The Bertz CT molecular complexity index is 299. The molecular formula is C10H14FNO. The zero-order valence-corrected chi connectivity index (χ0v) is 7.93. The molecule has 0 radical (unpaired) electrons. The highest BCUT2D eigenvalue weighted by Gasteiger charge is 2.07. The van der Waals surface area contributed by atoms with Crippen molar-refractivity contribution in [3.8, 4) is 5.75 Å². The van der Waals surface area contributed by atoms with Crippen molar-refractivity contribution in [2.45, 2.75) is 19.9 Å². The summed E-state index contributed by atoms with van der Waals surface area (Å²) in [5, 5.41) is 0. The number of halogens is 1. The molecule has 1 rings (SSSR count). The van der Waals surface area contributed by atoms with Crippen LogP contribution in [0.5, 0.6) is 5.75 Å². The molecule has 0 aliphatic heterocycles. The van der Waals surface area contributed by atoms with E-state index in [2.05, 4.69) is 0 Å². The predicted octanol–water partition coefficient (Wildman–Crippen LogP) is 1.86. The zero-order chi connectivity index (χ0) is 9.84. The number of hydrogen-bond acceptors (Lipinski definition) is 2. The first-order chi connectivity index (χ1) is 6.22. The summed E-state index contributed by atoms with van der Waals surface area (Å²) in [7, 11) is 1.51. The molecule has 0 aliphatic carbocycles. The first-order valence-electron chi connectivity index (χ1n) is 4.28. The number of ether oxygens (including phenoxy) is 1. The van der Waals surface area contributed by atoms with Gasteiger partial charge in [0.2, 0.25) is 0 Å². The van der Waals surface area contributed by atoms with Crippen LogP contribution in [0.15, 0.2) is 12.1 Å². The van der Waals surface area contributed by atoms with Crippen molar-refractivity contribution in [1.29, 1.82) is 0 Å². The quantitative estimate of drug-likeness (QED) is 0.776. The van der Waals surface area contributed by atoms with Crippen LogP contribution in [0.1, 0.15) is 18.1 Å². The lowest BCUT2D eigenvalue weighted by Gasteiger charge is -2.09. The fourth-order valence-corrected chi connectivity index (χ4v) is 1.27. The van der Waals surface area contributed by atoms with Gasteiger partial charge in [-0.25, -0.2) is 4.39 Å². The number of methoxy groups -OCH3 is 1. The molecule has 72 valence electrons. The Kier molecular flexibility index (Phi) is 3.25. The Morgan fingerprint density at radius 1 is 1.38 bits per heavy atom. The van der Waals surface area contributed by atoms with Gasteiger partial charge in [-0.15, -0.1) is 0 Å². The third kappa shape index (κ3) is 1.98. The smallest absolute Gasteiger partial charge is 0.130 e. The van der Waals surface area contributed by atoms with Crippen molar-refractivity contribution in [1.82, 2.24) is 0 Å². The average Bonchev–Trinajstić information content (AvgIpc) is 2.17. The molecule has 2 nitrogen and oxygen atoms in total. The first-order valence-corrected chi connectivity index (χ1v) is 4.28. The molecule has 0 aromatic heterocycles. The lowest BCUT2D eigenvalue weighted by molar-refractivity contribution is 0.405. The molecule has 2 N–H and O–H groups in total. The van der Waals surface area contributed by atoms with E-state index in [1.807, 2.05) is 6.92 Å². The van der Waals surface area contributed by atoms with Gasteiger partial charge in [-0.2, -0.15) is 0 Å². The standard InChI is InChI=1S/C10H14FNO/c1-3-7-4-8(6-12)10(13-2)5-9(7)11/h4-5H,3,6,12H2,1-2H3. The van der Waals surface area contributed by atoms with E-state index < -0.39 is 0 Å². The van der Waals surface area contributed by atoms with Gasteiger partial charge in [-0.05, 0) is 18.1 Å². The molecule has 0 aliphatic rings. The van der Waals surface area contributed by atoms with Gasteiger partial charge in [-0.3, -0.25) is 0 Å². The summed E-state index contributed by atoms with van der Waals surface area (Å²) >= 11 is 0. The van der Waals surface area contributed by atoms with E-state index in [0.717, 1.165) is 5.56 Å². The van der Waals surface area contributed by atoms with Crippen LogP contribution in [0.2, 0.25) is 0 Å². The summed E-state index contributed by atoms with van der Waals surface area (Å²) in [6.07, 6.45) is 0.669. The largest absolute Gasteiger partial charge is 0.496 e. The summed E-state index contributed by atoms with van der Waals surface area (Å²) in [5.74, 6) is 0.300. The Labute approximate surface area is 77.5 Å². The molecule has 0 saturated carbocycles. The topological polar surface area (TPSA) is 35.2 Å². The van der Waals surface area contributed by atoms with Gasteiger partial charge in [0.25, 0.3) is 0 Å². The van der Waals surface area contributed by atoms with Crippen molar-refractivity contribution in [3.63, 3.8) is 0 Å². The molecule has 0 bridgehead atoms. The highest BCUT2D eigenvalue weighted by Crippen LogP contribution is 2.22. The number of hydrogen-bond donors (Lipinski definition) is 1. The van der Waals surface area contributed by atoms with E-state index in [4.69, 9.17) is 10.5 Å². The molecule has 0 amide bonds. The van der Waals surface area contributed by atoms with E-state index in [1.54, 1.807) is 6.07 Å². The second-order valence-electron chi connectivity index (χ2n) is 2.81. The van der Waals surface area contributed by atoms with Crippen LogP contribution in [-0.2, 0) is 13.0 Å². The molecule has 0 spiro atoms. The van der Waals surface area contributed by atoms with Crippen molar-refractivity contribution < 1.29 is 9.13 Å². The van der Waals surface area contributed by atoms with Gasteiger partial charge < -0.3 is 10.5 Å². The fourth-order valence-electron chi connectivity index (χ4n) is 1.27. The molecule has 3 heteroatoms. The van der Waals surface area contributed by atoms with Gasteiger partial charge in [0.15, 0.2) is 0 Å². The van der Waals surface area contributed by atoms with Gasteiger partial charge in [-0.1, -0.05) is 6.92 Å². The van der Waals surface area contributed by atoms with Gasteiger partial charge in [0.05, 0.1) is 7.11 Å². The normalized spacial score (nSPS) is 10.2. The molecule has 0 unspecified atom stereocenters. The van der Waals surface area contributed by atoms with Crippen molar-refractivity contribution in [3.05, 3.63) is 29.1 Å². The van der Waals surface area contributed by atoms with E-state index in [9.17, 15) is 4.39 Å². The molecule has 0 heterocycles. The second kappa shape index (κ2) is 4.23. The molecule has 0 fully saturated rings. The molecule has 1 aromatic carbocycles. The Hall–Kier alpha value is -1.09. The van der Waals surface area contributed by atoms with Crippen LogP contribution < -0.4 is 10.5 Å². The van der Waals surface area contributed by atoms with Crippen LogP contribution in [0.25, 0.3) is 0 Å². The summed E-state index contributed by atoms with van der Waals surface area (Å²) < 4.78 is 18.2. The molecule has 0 saturated heterocycles. The second-order valence-corrected chi connectivity index (χ2v) is 2.81. The minimum atomic E-state index is -0.225. The molecular weight excluding hydrogens is 169 g/mol. The number of rotatable bonds is 3. The van der Waals surface area contributed by atoms with Crippen molar-refractivity contribution >= 4 is 0 Å². The highest BCUT2D eigenvalue weighted by molar-refractivity contribution is 5.38. The van der Waals surface area contributed by atoms with Crippen LogP contribution >= 0.6 is 0 Å². The third-order valence-corrected chi connectivity index (χ3v) is 2.05. The van der Waals surface area contributed by atoms with Crippen molar-refractivity contribution in [2.24, 2.45) is 5.73 Å². The van der Waals surface area contributed by atoms with Crippen LogP contribution in [0.3, 0.4) is 0 Å². The Morgan fingerprint density at radius 3 is 2.54 bits per heavy atom. The predicted molar refractivity (Wildman–Crippen MR) is 50.2 cm³/mol. The minimum Gasteiger partial charge on any atom is -0.496 e. The summed E-state index contributed by atoms with van der Waals surface area (Å²) in [6.45, 7) is 2.28. The van der Waals surface area contributed by atoms with Crippen LogP contribution in [0.4, 0.5) is 4.39 Å². The lowest BCUT2D eigenvalue weighted by atomic mass is 10.1. The maximum absolute atomic E-state index is 13.2. The number of aryl methyl sites for hydroxylation is 1. The van der Waals surface area contributed by atoms with Gasteiger partial charge in [0, 0.05) is 18.2 Å². The first kappa shape index (κ1) is 9.99. The molecule has 1 aromatic rings. The number of benzene rings is 1. The Balaban J connectivity index is 3.18. The Morgan fingerprint density at radius 2 is 2.08 bits per heavy atom. The molecule has 0 atom stereocenters. The van der Waals surface area contributed by atoms with Gasteiger partial charge in [0.1, 0.15) is 11.6 Å². The van der Waals surface area contributed by atoms with E-state index in [1.165, 1.54) is 13.2 Å². The summed E-state index contributed by atoms with van der Waals surface area (Å²) in [5.41, 5.74) is 7.03.